The van der Waals surface area contributed by atoms with Gasteiger partial charge in [-0.25, -0.2) is 4.79 Å². The van der Waals surface area contributed by atoms with E-state index in [0.717, 1.165) is 27.8 Å². The normalized spacial score (nSPS) is 11.0. The molecule has 0 fully saturated rings. The number of aryl methyl sites for hydroxylation is 1. The average Bonchev–Trinajstić information content (AvgIpc) is 3.13. The SMILES string of the molecule is CCc1c(OCCCC(=O)O)c(-c2cccnc2)cc2c1c(C(=O)O)c(C)n2Cc1ccccc1. The van der Waals surface area contributed by atoms with Crippen LogP contribution in [0, 0.1) is 6.92 Å². The quantitative estimate of drug-likeness (QED) is 0.293. The summed E-state index contributed by atoms with van der Waals surface area (Å²) in [6, 6.07) is 15.7. The summed E-state index contributed by atoms with van der Waals surface area (Å²) in [5.41, 5.74) is 5.27. The molecule has 0 bridgehead atoms. The Labute approximate surface area is 203 Å². The number of nitrogens with zero attached hydrogens (tertiary/aromatic N) is 2. The van der Waals surface area contributed by atoms with E-state index in [0.29, 0.717) is 36.2 Å². The zero-order chi connectivity index (χ0) is 24.9. The molecule has 0 aliphatic carbocycles. The van der Waals surface area contributed by atoms with Crippen LogP contribution >= 0.6 is 0 Å². The number of pyridine rings is 1. The van der Waals surface area contributed by atoms with E-state index in [1.54, 1.807) is 12.4 Å². The number of aromatic carboxylic acids is 1. The topological polar surface area (TPSA) is 102 Å². The Hall–Kier alpha value is -4.13. The molecule has 0 saturated heterocycles. The Kier molecular flexibility index (Phi) is 7.15. The van der Waals surface area contributed by atoms with Gasteiger partial charge in [-0.3, -0.25) is 9.78 Å². The Morgan fingerprint density at radius 3 is 2.49 bits per heavy atom. The number of carboxylic acid groups (broad SMARTS) is 2. The fraction of sp³-hybridized carbons (Fsp3) is 0.250. The molecular weight excluding hydrogens is 444 g/mol. The van der Waals surface area contributed by atoms with Gasteiger partial charge < -0.3 is 19.5 Å². The summed E-state index contributed by atoms with van der Waals surface area (Å²) in [6.07, 6.45) is 4.34. The van der Waals surface area contributed by atoms with E-state index in [1.807, 2.05) is 66.9 Å². The highest BCUT2D eigenvalue weighted by Crippen LogP contribution is 2.42. The van der Waals surface area contributed by atoms with Gasteiger partial charge in [-0.15, -0.1) is 0 Å². The fourth-order valence-corrected chi connectivity index (χ4v) is 4.56. The number of fused-ring (bicyclic) bond motifs is 1. The predicted molar refractivity (Wildman–Crippen MR) is 134 cm³/mol. The second kappa shape index (κ2) is 10.4. The smallest absolute Gasteiger partial charge is 0.338 e. The van der Waals surface area contributed by atoms with Gasteiger partial charge in [0, 0.05) is 53.1 Å². The molecule has 0 aliphatic heterocycles. The Morgan fingerprint density at radius 1 is 1.09 bits per heavy atom. The van der Waals surface area contributed by atoms with E-state index in [1.165, 1.54) is 0 Å². The number of aliphatic carboxylic acids is 1. The van der Waals surface area contributed by atoms with Gasteiger partial charge in [0.15, 0.2) is 0 Å². The highest BCUT2D eigenvalue weighted by molar-refractivity contribution is 6.08. The summed E-state index contributed by atoms with van der Waals surface area (Å²) in [4.78, 5) is 27.7. The first-order valence-corrected chi connectivity index (χ1v) is 11.6. The molecule has 0 unspecified atom stereocenters. The molecule has 2 aromatic heterocycles. The molecule has 0 atom stereocenters. The van der Waals surface area contributed by atoms with Crippen molar-refractivity contribution in [3.63, 3.8) is 0 Å². The first-order valence-electron chi connectivity index (χ1n) is 11.6. The second-order valence-electron chi connectivity index (χ2n) is 8.40. The molecule has 0 amide bonds. The van der Waals surface area contributed by atoms with Gasteiger partial charge in [0.2, 0.25) is 0 Å². The van der Waals surface area contributed by atoms with Gasteiger partial charge in [-0.05, 0) is 37.5 Å². The number of hydrogen-bond acceptors (Lipinski definition) is 4. The molecule has 0 saturated carbocycles. The molecule has 4 rings (SSSR count). The maximum Gasteiger partial charge on any atom is 0.338 e. The molecule has 2 N–H and O–H groups in total. The molecule has 35 heavy (non-hydrogen) atoms. The van der Waals surface area contributed by atoms with Crippen molar-refractivity contribution in [2.75, 3.05) is 6.61 Å². The summed E-state index contributed by atoms with van der Waals surface area (Å²) in [5.74, 6) is -1.29. The minimum absolute atomic E-state index is 0.00113. The highest BCUT2D eigenvalue weighted by Gasteiger charge is 2.26. The van der Waals surface area contributed by atoms with E-state index < -0.39 is 11.9 Å². The van der Waals surface area contributed by atoms with Gasteiger partial charge in [-0.1, -0.05) is 43.3 Å². The lowest BCUT2D eigenvalue weighted by molar-refractivity contribution is -0.137. The summed E-state index contributed by atoms with van der Waals surface area (Å²) >= 11 is 0. The van der Waals surface area contributed by atoms with E-state index in [9.17, 15) is 14.7 Å². The highest BCUT2D eigenvalue weighted by atomic mass is 16.5. The number of ether oxygens (including phenoxy) is 1. The van der Waals surface area contributed by atoms with Crippen molar-refractivity contribution in [2.45, 2.75) is 39.7 Å². The number of rotatable bonds is 10. The van der Waals surface area contributed by atoms with E-state index in [-0.39, 0.29) is 18.6 Å². The van der Waals surface area contributed by atoms with Gasteiger partial charge in [0.1, 0.15) is 5.75 Å². The zero-order valence-corrected chi connectivity index (χ0v) is 19.8. The molecular formula is C28H28N2O5. The zero-order valence-electron chi connectivity index (χ0n) is 19.8. The number of benzene rings is 2. The second-order valence-corrected chi connectivity index (χ2v) is 8.40. The molecule has 0 radical (unpaired) electrons. The van der Waals surface area contributed by atoms with Gasteiger partial charge >= 0.3 is 11.9 Å². The lowest BCUT2D eigenvalue weighted by Crippen LogP contribution is -2.06. The molecule has 180 valence electrons. The summed E-state index contributed by atoms with van der Waals surface area (Å²) in [6.45, 7) is 4.56. The molecule has 7 heteroatoms. The number of aromatic nitrogens is 2. The molecule has 0 spiro atoms. The van der Waals surface area contributed by atoms with Gasteiger partial charge in [0.05, 0.1) is 17.7 Å². The van der Waals surface area contributed by atoms with Crippen molar-refractivity contribution in [3.8, 4) is 16.9 Å². The third-order valence-corrected chi connectivity index (χ3v) is 6.17. The van der Waals surface area contributed by atoms with Gasteiger partial charge in [0.25, 0.3) is 0 Å². The predicted octanol–water partition coefficient (Wildman–Crippen LogP) is 5.56. The maximum absolute atomic E-state index is 12.4. The van der Waals surface area contributed by atoms with Crippen LogP contribution in [0.1, 0.15) is 46.9 Å². The Balaban J connectivity index is 1.97. The largest absolute Gasteiger partial charge is 0.493 e. The van der Waals surface area contributed by atoms with Crippen LogP contribution in [0.3, 0.4) is 0 Å². The van der Waals surface area contributed by atoms with Crippen LogP contribution in [0.4, 0.5) is 0 Å². The van der Waals surface area contributed by atoms with Crippen LogP contribution in [-0.4, -0.2) is 38.3 Å². The summed E-state index contributed by atoms with van der Waals surface area (Å²) in [7, 11) is 0. The van der Waals surface area contributed by atoms with Crippen molar-refractivity contribution in [2.24, 2.45) is 0 Å². The van der Waals surface area contributed by atoms with E-state index >= 15 is 0 Å². The summed E-state index contributed by atoms with van der Waals surface area (Å²) < 4.78 is 8.22. The molecule has 7 nitrogen and oxygen atoms in total. The standard InChI is InChI=1S/C28H28N2O5/c1-3-21-26-23(30(18(2)25(26)28(33)34)17-19-9-5-4-6-10-19)15-22(20-11-7-13-29-16-20)27(21)35-14-8-12-24(31)32/h4-7,9-11,13,15-16H,3,8,12,14,17H2,1-2H3,(H,31,32)(H,33,34). The molecule has 0 aliphatic rings. The van der Waals surface area contributed by atoms with Crippen LogP contribution in [-0.2, 0) is 17.8 Å². The summed E-state index contributed by atoms with van der Waals surface area (Å²) in [5, 5.41) is 19.9. The Morgan fingerprint density at radius 2 is 1.86 bits per heavy atom. The van der Waals surface area contributed by atoms with E-state index in [2.05, 4.69) is 4.98 Å². The van der Waals surface area contributed by atoms with E-state index in [4.69, 9.17) is 9.84 Å². The van der Waals surface area contributed by atoms with Crippen molar-refractivity contribution >= 4 is 22.8 Å². The van der Waals surface area contributed by atoms with Crippen LogP contribution in [0.5, 0.6) is 5.75 Å². The molecule has 2 aromatic carbocycles. The van der Waals surface area contributed by atoms with Crippen molar-refractivity contribution in [1.29, 1.82) is 0 Å². The lowest BCUT2D eigenvalue weighted by Gasteiger charge is -2.18. The lowest BCUT2D eigenvalue weighted by atomic mass is 9.95. The van der Waals surface area contributed by atoms with Crippen LogP contribution in [0.25, 0.3) is 22.0 Å². The first-order chi connectivity index (χ1) is 16.9. The minimum atomic E-state index is -0.986. The van der Waals surface area contributed by atoms with Crippen LogP contribution < -0.4 is 4.74 Å². The minimum Gasteiger partial charge on any atom is -0.493 e. The van der Waals surface area contributed by atoms with Gasteiger partial charge in [-0.2, -0.15) is 0 Å². The number of carboxylic acids is 2. The maximum atomic E-state index is 12.4. The van der Waals surface area contributed by atoms with Crippen LogP contribution in [0.2, 0.25) is 0 Å². The van der Waals surface area contributed by atoms with Crippen molar-refractivity contribution < 1.29 is 24.5 Å². The third kappa shape index (κ3) is 4.89. The van der Waals surface area contributed by atoms with Crippen molar-refractivity contribution in [3.05, 3.63) is 83.3 Å². The number of hydrogen-bond donors (Lipinski definition) is 2. The average molecular weight is 473 g/mol. The Bertz CT molecular complexity index is 1360. The molecule has 2 heterocycles. The fourth-order valence-electron chi connectivity index (χ4n) is 4.56. The number of carbonyl (C=O) groups is 2. The first kappa shape index (κ1) is 24.0. The molecule has 4 aromatic rings. The van der Waals surface area contributed by atoms with Crippen LogP contribution in [0.15, 0.2) is 60.9 Å². The third-order valence-electron chi connectivity index (χ3n) is 6.17. The monoisotopic (exact) mass is 472 g/mol. The van der Waals surface area contributed by atoms with Crippen molar-refractivity contribution in [1.82, 2.24) is 9.55 Å².